The van der Waals surface area contributed by atoms with E-state index in [9.17, 15) is 9.59 Å². The molecule has 0 atom stereocenters. The number of methoxy groups -OCH3 is 1. The van der Waals surface area contributed by atoms with Gasteiger partial charge in [-0.15, -0.1) is 6.58 Å². The summed E-state index contributed by atoms with van der Waals surface area (Å²) >= 11 is 0. The first-order valence-corrected chi connectivity index (χ1v) is 6.81. The van der Waals surface area contributed by atoms with Crippen LogP contribution in [0.3, 0.4) is 0 Å². The first-order chi connectivity index (χ1) is 11.2. The number of amides is 1. The quantitative estimate of drug-likeness (QED) is 0.627. The SMILES string of the molecule is C=CCNc1ncc(C(=O)Nc2ccccc2C(=O)OC)cn1. The smallest absolute Gasteiger partial charge is 0.339 e. The van der Waals surface area contributed by atoms with E-state index in [2.05, 4.69) is 31.9 Å². The number of nitrogens with zero attached hydrogens (tertiary/aromatic N) is 2. The van der Waals surface area contributed by atoms with E-state index in [1.807, 2.05) is 0 Å². The molecule has 0 aliphatic rings. The number of para-hydroxylation sites is 1. The lowest BCUT2D eigenvalue weighted by Crippen LogP contribution is -2.16. The first kappa shape index (κ1) is 16.2. The summed E-state index contributed by atoms with van der Waals surface area (Å²) in [6.07, 6.45) is 4.47. The number of aromatic nitrogens is 2. The summed E-state index contributed by atoms with van der Waals surface area (Å²) in [4.78, 5) is 32.0. The molecule has 2 aromatic rings. The summed E-state index contributed by atoms with van der Waals surface area (Å²) in [6, 6.07) is 6.58. The zero-order chi connectivity index (χ0) is 16.7. The third-order valence-corrected chi connectivity index (χ3v) is 2.90. The molecule has 118 valence electrons. The number of anilines is 2. The van der Waals surface area contributed by atoms with Gasteiger partial charge in [-0.05, 0) is 12.1 Å². The number of hydrogen-bond acceptors (Lipinski definition) is 6. The van der Waals surface area contributed by atoms with Crippen LogP contribution in [0.5, 0.6) is 0 Å². The van der Waals surface area contributed by atoms with Crippen molar-refractivity contribution >= 4 is 23.5 Å². The van der Waals surface area contributed by atoms with Crippen molar-refractivity contribution in [1.82, 2.24) is 9.97 Å². The van der Waals surface area contributed by atoms with Gasteiger partial charge >= 0.3 is 5.97 Å². The summed E-state index contributed by atoms with van der Waals surface area (Å²) in [5, 5.41) is 5.56. The predicted molar refractivity (Wildman–Crippen MR) is 86.5 cm³/mol. The van der Waals surface area contributed by atoms with Crippen molar-refractivity contribution in [3.8, 4) is 0 Å². The molecule has 0 spiro atoms. The van der Waals surface area contributed by atoms with Crippen molar-refractivity contribution in [3.63, 3.8) is 0 Å². The molecule has 0 bridgehead atoms. The van der Waals surface area contributed by atoms with Crippen LogP contribution in [0.4, 0.5) is 11.6 Å². The molecule has 7 nitrogen and oxygen atoms in total. The molecule has 0 saturated heterocycles. The second-order valence-electron chi connectivity index (χ2n) is 4.46. The molecule has 0 saturated carbocycles. The van der Waals surface area contributed by atoms with E-state index in [4.69, 9.17) is 0 Å². The lowest BCUT2D eigenvalue weighted by atomic mass is 10.1. The van der Waals surface area contributed by atoms with Gasteiger partial charge in [-0.2, -0.15) is 0 Å². The minimum Gasteiger partial charge on any atom is -0.465 e. The van der Waals surface area contributed by atoms with Crippen LogP contribution in [0, 0.1) is 0 Å². The van der Waals surface area contributed by atoms with E-state index in [0.29, 0.717) is 18.2 Å². The highest BCUT2D eigenvalue weighted by Gasteiger charge is 2.14. The van der Waals surface area contributed by atoms with Gasteiger partial charge in [0.15, 0.2) is 0 Å². The van der Waals surface area contributed by atoms with Crippen molar-refractivity contribution in [2.45, 2.75) is 0 Å². The Morgan fingerprint density at radius 2 is 1.96 bits per heavy atom. The summed E-state index contributed by atoms with van der Waals surface area (Å²) in [6.45, 7) is 4.10. The standard InChI is InChI=1S/C16H16N4O3/c1-3-8-17-16-18-9-11(10-19-16)14(21)20-13-7-5-4-6-12(13)15(22)23-2/h3-7,9-10H,1,8H2,2H3,(H,20,21)(H,17,18,19). The van der Waals surface area contributed by atoms with Crippen molar-refractivity contribution in [3.05, 3.63) is 60.4 Å². The van der Waals surface area contributed by atoms with E-state index in [-0.39, 0.29) is 11.1 Å². The monoisotopic (exact) mass is 312 g/mol. The summed E-state index contributed by atoms with van der Waals surface area (Å²) in [5.41, 5.74) is 0.903. The molecule has 1 aromatic heterocycles. The highest BCUT2D eigenvalue weighted by atomic mass is 16.5. The molecule has 1 heterocycles. The number of esters is 1. The summed E-state index contributed by atoms with van der Waals surface area (Å²) in [5.74, 6) is -0.547. The van der Waals surface area contributed by atoms with Crippen LogP contribution in [0.15, 0.2) is 49.3 Å². The predicted octanol–water partition coefficient (Wildman–Crippen LogP) is 2.11. The Labute approximate surface area is 133 Å². The minimum absolute atomic E-state index is 0.272. The number of carbonyl (C=O) groups is 2. The molecule has 0 fully saturated rings. The minimum atomic E-state index is -0.527. The fourth-order valence-electron chi connectivity index (χ4n) is 1.77. The highest BCUT2D eigenvalue weighted by Crippen LogP contribution is 2.17. The normalized spacial score (nSPS) is 9.78. The van der Waals surface area contributed by atoms with Gasteiger partial charge in [0.25, 0.3) is 5.91 Å². The van der Waals surface area contributed by atoms with Crippen LogP contribution in [0.1, 0.15) is 20.7 Å². The molecule has 1 aromatic carbocycles. The van der Waals surface area contributed by atoms with Crippen LogP contribution in [0.25, 0.3) is 0 Å². The first-order valence-electron chi connectivity index (χ1n) is 6.81. The van der Waals surface area contributed by atoms with Gasteiger partial charge in [-0.3, -0.25) is 4.79 Å². The number of nitrogens with one attached hydrogen (secondary N) is 2. The fourth-order valence-corrected chi connectivity index (χ4v) is 1.77. The van der Waals surface area contributed by atoms with Crippen molar-refractivity contribution in [1.29, 1.82) is 0 Å². The number of hydrogen-bond donors (Lipinski definition) is 2. The van der Waals surface area contributed by atoms with Gasteiger partial charge in [0.1, 0.15) is 0 Å². The average molecular weight is 312 g/mol. The maximum atomic E-state index is 12.2. The Morgan fingerprint density at radius 3 is 2.61 bits per heavy atom. The Kier molecular flexibility index (Phi) is 5.40. The number of carbonyl (C=O) groups excluding carboxylic acids is 2. The average Bonchev–Trinajstić information content (AvgIpc) is 2.60. The van der Waals surface area contributed by atoms with Crippen LogP contribution in [0.2, 0.25) is 0 Å². The Hall–Kier alpha value is -3.22. The van der Waals surface area contributed by atoms with Crippen molar-refractivity contribution < 1.29 is 14.3 Å². The topological polar surface area (TPSA) is 93.2 Å². The Morgan fingerprint density at radius 1 is 1.26 bits per heavy atom. The Bertz CT molecular complexity index is 714. The molecular weight excluding hydrogens is 296 g/mol. The second kappa shape index (κ2) is 7.69. The van der Waals surface area contributed by atoms with Gasteiger partial charge in [0.2, 0.25) is 5.95 Å². The molecule has 0 aliphatic heterocycles. The van der Waals surface area contributed by atoms with Crippen LogP contribution in [-0.4, -0.2) is 35.5 Å². The van der Waals surface area contributed by atoms with Crippen LogP contribution < -0.4 is 10.6 Å². The van der Waals surface area contributed by atoms with Gasteiger partial charge in [-0.25, -0.2) is 14.8 Å². The number of rotatable bonds is 6. The van der Waals surface area contributed by atoms with E-state index < -0.39 is 11.9 Å². The molecule has 2 N–H and O–H groups in total. The lowest BCUT2D eigenvalue weighted by molar-refractivity contribution is 0.0602. The molecule has 0 radical (unpaired) electrons. The molecule has 7 heteroatoms. The summed E-state index contributed by atoms with van der Waals surface area (Å²) in [7, 11) is 1.28. The molecule has 23 heavy (non-hydrogen) atoms. The molecular formula is C16H16N4O3. The summed E-state index contributed by atoms with van der Waals surface area (Å²) < 4.78 is 4.69. The molecule has 0 aliphatic carbocycles. The van der Waals surface area contributed by atoms with Crippen LogP contribution >= 0.6 is 0 Å². The largest absolute Gasteiger partial charge is 0.465 e. The number of benzene rings is 1. The van der Waals surface area contributed by atoms with E-state index >= 15 is 0 Å². The van der Waals surface area contributed by atoms with Crippen molar-refractivity contribution in [2.75, 3.05) is 24.3 Å². The fraction of sp³-hybridized carbons (Fsp3) is 0.125. The number of ether oxygens (including phenoxy) is 1. The third-order valence-electron chi connectivity index (χ3n) is 2.90. The zero-order valence-corrected chi connectivity index (χ0v) is 12.6. The third kappa shape index (κ3) is 4.13. The second-order valence-corrected chi connectivity index (χ2v) is 4.46. The maximum absolute atomic E-state index is 12.2. The van der Waals surface area contributed by atoms with Gasteiger partial charge < -0.3 is 15.4 Å². The van der Waals surface area contributed by atoms with Gasteiger partial charge in [-0.1, -0.05) is 18.2 Å². The van der Waals surface area contributed by atoms with Gasteiger partial charge in [0.05, 0.1) is 23.9 Å². The van der Waals surface area contributed by atoms with E-state index in [1.54, 1.807) is 30.3 Å². The molecule has 0 unspecified atom stereocenters. The maximum Gasteiger partial charge on any atom is 0.339 e. The van der Waals surface area contributed by atoms with Crippen molar-refractivity contribution in [2.24, 2.45) is 0 Å². The lowest BCUT2D eigenvalue weighted by Gasteiger charge is -2.09. The van der Waals surface area contributed by atoms with E-state index in [0.717, 1.165) is 0 Å². The van der Waals surface area contributed by atoms with E-state index in [1.165, 1.54) is 19.5 Å². The molecule has 1 amide bonds. The molecule has 2 rings (SSSR count). The highest BCUT2D eigenvalue weighted by molar-refractivity contribution is 6.07. The zero-order valence-electron chi connectivity index (χ0n) is 12.6. The van der Waals surface area contributed by atoms with Gasteiger partial charge in [0, 0.05) is 18.9 Å². The Balaban J connectivity index is 2.13. The van der Waals surface area contributed by atoms with Crippen LogP contribution in [-0.2, 0) is 4.74 Å².